The number of likely N-dealkylation sites (tertiary alicyclic amines) is 1. The Bertz CT molecular complexity index is 408. The number of esters is 1. The highest BCUT2D eigenvalue weighted by Crippen LogP contribution is 2.31. The maximum absolute atomic E-state index is 12.2. The molecule has 0 N–H and O–H groups in total. The van der Waals surface area contributed by atoms with E-state index in [1.807, 2.05) is 0 Å². The summed E-state index contributed by atoms with van der Waals surface area (Å²) in [6, 6.07) is 0. The molecular formula is C13H21NO5. The van der Waals surface area contributed by atoms with Crippen LogP contribution < -0.4 is 0 Å². The zero-order valence-corrected chi connectivity index (χ0v) is 12.3. The molecule has 108 valence electrons. The first-order valence-corrected chi connectivity index (χ1v) is 6.13. The highest BCUT2D eigenvalue weighted by Gasteiger charge is 2.53. The molecule has 0 aromatic heterocycles. The van der Waals surface area contributed by atoms with Crippen LogP contribution in [-0.2, 0) is 19.1 Å². The summed E-state index contributed by atoms with van der Waals surface area (Å²) >= 11 is 0. The molecule has 0 radical (unpaired) electrons. The fourth-order valence-electron chi connectivity index (χ4n) is 2.00. The van der Waals surface area contributed by atoms with Crippen LogP contribution in [0.3, 0.4) is 0 Å². The molecule has 1 amide bonds. The number of hydrogen-bond acceptors (Lipinski definition) is 5. The molecule has 0 saturated carbocycles. The second-order valence-electron chi connectivity index (χ2n) is 6.09. The highest BCUT2D eigenvalue weighted by atomic mass is 16.6. The van der Waals surface area contributed by atoms with Crippen LogP contribution in [0, 0.1) is 5.92 Å². The fraction of sp³-hybridized carbons (Fsp3) is 0.769. The van der Waals surface area contributed by atoms with Crippen molar-refractivity contribution in [2.75, 3.05) is 13.7 Å². The predicted octanol–water partition coefficient (Wildman–Crippen LogP) is 1.37. The first kappa shape index (κ1) is 15.5. The first-order chi connectivity index (χ1) is 8.50. The van der Waals surface area contributed by atoms with Gasteiger partial charge in [-0.2, -0.15) is 0 Å². The lowest BCUT2D eigenvalue weighted by molar-refractivity contribution is -0.148. The van der Waals surface area contributed by atoms with Crippen LogP contribution in [-0.4, -0.2) is 47.5 Å². The van der Waals surface area contributed by atoms with E-state index >= 15 is 0 Å². The summed E-state index contributed by atoms with van der Waals surface area (Å²) in [4.78, 5) is 37.1. The Morgan fingerprint density at radius 3 is 2.26 bits per heavy atom. The van der Waals surface area contributed by atoms with Gasteiger partial charge in [-0.05, 0) is 34.6 Å². The molecule has 0 aromatic carbocycles. The number of nitrogens with zero attached hydrogens (tertiary/aromatic N) is 1. The number of carbonyl (C=O) groups excluding carboxylic acids is 3. The number of Topliss-reactive ketones (excluding diaryl/α,β-unsaturated/α-hetero) is 1. The molecule has 1 atom stereocenters. The van der Waals surface area contributed by atoms with Crippen molar-refractivity contribution in [1.29, 1.82) is 0 Å². The summed E-state index contributed by atoms with van der Waals surface area (Å²) in [7, 11) is 1.22. The number of carbonyl (C=O) groups is 3. The zero-order valence-electron chi connectivity index (χ0n) is 12.3. The molecule has 1 aliphatic heterocycles. The highest BCUT2D eigenvalue weighted by molar-refractivity contribution is 6.07. The van der Waals surface area contributed by atoms with Crippen molar-refractivity contribution >= 4 is 17.8 Å². The van der Waals surface area contributed by atoms with Crippen LogP contribution in [0.2, 0.25) is 0 Å². The molecule has 1 rings (SSSR count). The summed E-state index contributed by atoms with van der Waals surface area (Å²) in [6.07, 6.45) is -0.600. The van der Waals surface area contributed by atoms with Gasteiger partial charge in [-0.15, -0.1) is 0 Å². The summed E-state index contributed by atoms with van der Waals surface area (Å²) in [5.41, 5.74) is -1.72. The van der Waals surface area contributed by atoms with E-state index in [-0.39, 0.29) is 12.3 Å². The van der Waals surface area contributed by atoms with E-state index in [1.54, 1.807) is 34.6 Å². The average Bonchev–Trinajstić information content (AvgIpc) is 2.48. The Kier molecular flexibility index (Phi) is 3.93. The summed E-state index contributed by atoms with van der Waals surface area (Å²) in [5, 5.41) is 0. The molecule has 6 heteroatoms. The van der Waals surface area contributed by atoms with Gasteiger partial charge in [0.15, 0.2) is 5.78 Å². The molecule has 1 heterocycles. The Labute approximate surface area is 113 Å². The fourth-order valence-corrected chi connectivity index (χ4v) is 2.00. The van der Waals surface area contributed by atoms with E-state index in [4.69, 9.17) is 4.74 Å². The molecule has 19 heavy (non-hydrogen) atoms. The Hall–Kier alpha value is -1.59. The van der Waals surface area contributed by atoms with Gasteiger partial charge in [-0.3, -0.25) is 14.5 Å². The van der Waals surface area contributed by atoms with E-state index < -0.39 is 29.1 Å². The van der Waals surface area contributed by atoms with Crippen LogP contribution in [0.25, 0.3) is 0 Å². The molecule has 0 aliphatic carbocycles. The monoisotopic (exact) mass is 271 g/mol. The molecule has 1 unspecified atom stereocenters. The van der Waals surface area contributed by atoms with Crippen LogP contribution in [0.5, 0.6) is 0 Å². The topological polar surface area (TPSA) is 72.9 Å². The first-order valence-electron chi connectivity index (χ1n) is 6.13. The Morgan fingerprint density at radius 2 is 1.84 bits per heavy atom. The van der Waals surface area contributed by atoms with E-state index in [9.17, 15) is 14.4 Å². The van der Waals surface area contributed by atoms with Crippen molar-refractivity contribution in [3.8, 4) is 0 Å². The predicted molar refractivity (Wildman–Crippen MR) is 67.5 cm³/mol. The van der Waals surface area contributed by atoms with Gasteiger partial charge in [-0.25, -0.2) is 4.79 Å². The minimum Gasteiger partial charge on any atom is -0.468 e. The number of ether oxygens (including phenoxy) is 2. The molecule has 0 spiro atoms. The zero-order chi connectivity index (χ0) is 15.0. The van der Waals surface area contributed by atoms with Gasteiger partial charge in [0.25, 0.3) is 0 Å². The lowest BCUT2D eigenvalue weighted by atomic mass is 9.95. The van der Waals surface area contributed by atoms with Crippen molar-refractivity contribution in [3.63, 3.8) is 0 Å². The van der Waals surface area contributed by atoms with Crippen molar-refractivity contribution in [1.82, 2.24) is 4.90 Å². The van der Waals surface area contributed by atoms with Gasteiger partial charge in [0.1, 0.15) is 17.1 Å². The lowest BCUT2D eigenvalue weighted by Crippen LogP contribution is -2.48. The van der Waals surface area contributed by atoms with Crippen molar-refractivity contribution in [2.24, 2.45) is 5.92 Å². The van der Waals surface area contributed by atoms with Gasteiger partial charge < -0.3 is 9.47 Å². The smallest absolute Gasteiger partial charge is 0.411 e. The average molecular weight is 271 g/mol. The normalized spacial score (nSPS) is 22.3. The lowest BCUT2D eigenvalue weighted by Gasteiger charge is -2.31. The van der Waals surface area contributed by atoms with Gasteiger partial charge in [0.2, 0.25) is 0 Å². The van der Waals surface area contributed by atoms with Gasteiger partial charge in [0, 0.05) is 6.54 Å². The number of methoxy groups -OCH3 is 1. The summed E-state index contributed by atoms with van der Waals surface area (Å²) in [6.45, 7) is 8.42. The summed E-state index contributed by atoms with van der Waals surface area (Å²) in [5.74, 6) is -1.89. The van der Waals surface area contributed by atoms with E-state index in [2.05, 4.69) is 4.74 Å². The maximum Gasteiger partial charge on any atom is 0.411 e. The second-order valence-corrected chi connectivity index (χ2v) is 6.09. The van der Waals surface area contributed by atoms with Gasteiger partial charge >= 0.3 is 12.1 Å². The second kappa shape index (κ2) is 4.83. The SMILES string of the molecule is COC(=O)C1CN(C(=O)OC(C)(C)C)C(C)(C)C1=O. The van der Waals surface area contributed by atoms with E-state index in [1.165, 1.54) is 12.0 Å². The summed E-state index contributed by atoms with van der Waals surface area (Å²) < 4.78 is 9.84. The van der Waals surface area contributed by atoms with Gasteiger partial charge in [-0.1, -0.05) is 0 Å². The standard InChI is InChI=1S/C13H21NO5/c1-12(2,3)19-11(17)14-7-8(10(16)18-6)9(15)13(14,4)5/h8H,7H2,1-6H3. The van der Waals surface area contributed by atoms with Crippen LogP contribution in [0.1, 0.15) is 34.6 Å². The molecule has 1 aliphatic rings. The van der Waals surface area contributed by atoms with Crippen LogP contribution >= 0.6 is 0 Å². The van der Waals surface area contributed by atoms with Crippen LogP contribution in [0.15, 0.2) is 0 Å². The third kappa shape index (κ3) is 3.05. The maximum atomic E-state index is 12.2. The molecule has 1 fully saturated rings. The van der Waals surface area contributed by atoms with Gasteiger partial charge in [0.05, 0.1) is 7.11 Å². The van der Waals surface area contributed by atoms with Crippen molar-refractivity contribution < 1.29 is 23.9 Å². The third-order valence-electron chi connectivity index (χ3n) is 3.06. The molecule has 0 bridgehead atoms. The molecule has 1 saturated heterocycles. The van der Waals surface area contributed by atoms with Crippen LogP contribution in [0.4, 0.5) is 4.79 Å². The van der Waals surface area contributed by atoms with E-state index in [0.29, 0.717) is 0 Å². The minimum atomic E-state index is -1.07. The number of amides is 1. The number of ketones is 1. The number of hydrogen-bond donors (Lipinski definition) is 0. The van der Waals surface area contributed by atoms with Crippen molar-refractivity contribution in [2.45, 2.75) is 45.8 Å². The largest absolute Gasteiger partial charge is 0.468 e. The third-order valence-corrected chi connectivity index (χ3v) is 3.06. The molecule has 0 aromatic rings. The Morgan fingerprint density at radius 1 is 1.32 bits per heavy atom. The van der Waals surface area contributed by atoms with Crippen molar-refractivity contribution in [3.05, 3.63) is 0 Å². The Balaban J connectivity index is 2.94. The number of rotatable bonds is 1. The molecule has 6 nitrogen and oxygen atoms in total. The van der Waals surface area contributed by atoms with E-state index in [0.717, 1.165) is 0 Å². The molecular weight excluding hydrogens is 250 g/mol. The quantitative estimate of drug-likeness (QED) is 0.532. The minimum absolute atomic E-state index is 0.00653.